The number of morpholine rings is 1. The zero-order chi connectivity index (χ0) is 24.8. The number of aliphatic hydroxyl groups excluding tert-OH is 1. The van der Waals surface area contributed by atoms with Crippen LogP contribution in [0.1, 0.15) is 36.9 Å². The number of carbonyl (C=O) groups excluding carboxylic acids is 2. The van der Waals surface area contributed by atoms with Crippen LogP contribution >= 0.6 is 15.9 Å². The van der Waals surface area contributed by atoms with Crippen molar-refractivity contribution in [2.75, 3.05) is 46.0 Å². The van der Waals surface area contributed by atoms with Gasteiger partial charge in [0.25, 0.3) is 11.7 Å². The van der Waals surface area contributed by atoms with Crippen molar-refractivity contribution in [3.63, 3.8) is 0 Å². The lowest BCUT2D eigenvalue weighted by atomic mass is 9.95. The summed E-state index contributed by atoms with van der Waals surface area (Å²) in [6.45, 7) is 6.64. The highest BCUT2D eigenvalue weighted by atomic mass is 79.9. The number of hydrogen-bond donors (Lipinski definition) is 1. The molecule has 2 heterocycles. The van der Waals surface area contributed by atoms with Gasteiger partial charge in [-0.15, -0.1) is 0 Å². The normalized spacial score (nSPS) is 20.4. The summed E-state index contributed by atoms with van der Waals surface area (Å²) < 4.78 is 12.0. The molecule has 0 radical (unpaired) electrons. The lowest BCUT2D eigenvalue weighted by molar-refractivity contribution is -0.140. The number of unbranched alkanes of at least 4 members (excludes halogenated alkanes) is 1. The van der Waals surface area contributed by atoms with Gasteiger partial charge < -0.3 is 19.5 Å². The fraction of sp³-hybridized carbons (Fsp3) is 0.407. The Kier molecular flexibility index (Phi) is 8.59. The lowest BCUT2D eigenvalue weighted by Crippen LogP contribution is -2.42. The molecule has 2 aromatic carbocycles. The number of rotatable bonds is 9. The Morgan fingerprint density at radius 2 is 1.74 bits per heavy atom. The summed E-state index contributed by atoms with van der Waals surface area (Å²) in [4.78, 5) is 30.1. The van der Waals surface area contributed by atoms with Gasteiger partial charge in [-0.25, -0.2) is 0 Å². The van der Waals surface area contributed by atoms with Gasteiger partial charge in [0.05, 0.1) is 31.4 Å². The molecule has 0 aliphatic carbocycles. The first-order chi connectivity index (χ1) is 17.0. The summed E-state index contributed by atoms with van der Waals surface area (Å²) in [5, 5.41) is 11.2. The van der Waals surface area contributed by atoms with E-state index < -0.39 is 17.7 Å². The van der Waals surface area contributed by atoms with Crippen LogP contribution < -0.4 is 4.74 Å². The van der Waals surface area contributed by atoms with Crippen LogP contribution in [0.15, 0.2) is 58.6 Å². The molecule has 0 saturated carbocycles. The number of aliphatic hydroxyl groups is 1. The van der Waals surface area contributed by atoms with Gasteiger partial charge in [0.15, 0.2) is 0 Å². The van der Waals surface area contributed by atoms with E-state index >= 15 is 0 Å². The van der Waals surface area contributed by atoms with Gasteiger partial charge in [-0.3, -0.25) is 14.5 Å². The van der Waals surface area contributed by atoms with Gasteiger partial charge in [0.1, 0.15) is 11.5 Å². The van der Waals surface area contributed by atoms with Gasteiger partial charge >= 0.3 is 0 Å². The van der Waals surface area contributed by atoms with Crippen molar-refractivity contribution in [1.29, 1.82) is 0 Å². The summed E-state index contributed by atoms with van der Waals surface area (Å²) in [5.41, 5.74) is 1.36. The minimum atomic E-state index is -0.666. The summed E-state index contributed by atoms with van der Waals surface area (Å²) >= 11 is 3.45. The van der Waals surface area contributed by atoms with Crippen molar-refractivity contribution in [1.82, 2.24) is 9.80 Å². The van der Waals surface area contributed by atoms with Crippen molar-refractivity contribution in [2.24, 2.45) is 0 Å². The van der Waals surface area contributed by atoms with E-state index in [1.54, 1.807) is 29.2 Å². The van der Waals surface area contributed by atoms with E-state index in [9.17, 15) is 14.7 Å². The van der Waals surface area contributed by atoms with Crippen molar-refractivity contribution in [2.45, 2.75) is 25.8 Å². The number of nitrogens with zero attached hydrogens (tertiary/aromatic N) is 2. The molecule has 0 aromatic heterocycles. The Hall–Kier alpha value is -2.68. The Labute approximate surface area is 214 Å². The standard InChI is InChI=1S/C27H31BrN2O5/c1-2-3-16-35-22-10-6-20(7-11-22)25(31)23-24(19-4-8-21(28)9-5-19)30(27(33)26(23)32)13-12-29-14-17-34-18-15-29/h4-11,24,31H,2-3,12-18H2,1H3/b25-23+. The number of carbonyl (C=O) groups is 2. The monoisotopic (exact) mass is 542 g/mol. The highest BCUT2D eigenvalue weighted by Crippen LogP contribution is 2.39. The number of ether oxygens (including phenoxy) is 2. The Bertz CT molecular complexity index is 1060. The van der Waals surface area contributed by atoms with Crippen molar-refractivity contribution < 1.29 is 24.2 Å². The molecule has 2 fully saturated rings. The van der Waals surface area contributed by atoms with Gasteiger partial charge in [-0.05, 0) is 48.4 Å². The average Bonchev–Trinajstić information content (AvgIpc) is 3.13. The van der Waals surface area contributed by atoms with Crippen molar-refractivity contribution in [3.05, 3.63) is 69.7 Å². The van der Waals surface area contributed by atoms with E-state index in [4.69, 9.17) is 9.47 Å². The smallest absolute Gasteiger partial charge is 0.295 e. The Morgan fingerprint density at radius 1 is 1.06 bits per heavy atom. The van der Waals surface area contributed by atoms with Gasteiger partial charge in [0, 0.05) is 36.2 Å². The molecule has 1 amide bonds. The molecular weight excluding hydrogens is 512 g/mol. The fourth-order valence-electron chi connectivity index (χ4n) is 4.38. The Balaban J connectivity index is 1.65. The largest absolute Gasteiger partial charge is 0.507 e. The molecule has 8 heteroatoms. The predicted molar refractivity (Wildman–Crippen MR) is 137 cm³/mol. The summed E-state index contributed by atoms with van der Waals surface area (Å²) in [6.07, 6.45) is 2.00. The third-order valence-corrected chi connectivity index (χ3v) is 6.91. The molecule has 35 heavy (non-hydrogen) atoms. The van der Waals surface area contributed by atoms with E-state index in [1.807, 2.05) is 24.3 Å². The molecule has 1 atom stereocenters. The molecule has 0 bridgehead atoms. The number of hydrogen-bond acceptors (Lipinski definition) is 6. The quantitative estimate of drug-likeness (QED) is 0.219. The van der Waals surface area contributed by atoms with E-state index in [-0.39, 0.29) is 11.3 Å². The van der Waals surface area contributed by atoms with Crippen LogP contribution in [-0.2, 0) is 14.3 Å². The third kappa shape index (κ3) is 5.94. The minimum absolute atomic E-state index is 0.110. The molecule has 1 unspecified atom stereocenters. The van der Waals surface area contributed by atoms with Crippen LogP contribution in [0.2, 0.25) is 0 Å². The fourth-order valence-corrected chi connectivity index (χ4v) is 4.64. The second-order valence-corrected chi connectivity index (χ2v) is 9.64. The first-order valence-corrected chi connectivity index (χ1v) is 12.9. The van der Waals surface area contributed by atoms with Crippen molar-refractivity contribution >= 4 is 33.4 Å². The number of Topliss-reactive ketones (excluding diaryl/α,β-unsaturated/α-hetero) is 1. The van der Waals surface area contributed by atoms with Crippen LogP contribution in [-0.4, -0.2) is 72.6 Å². The first kappa shape index (κ1) is 25.4. The number of halogens is 1. The molecule has 2 aliphatic rings. The predicted octanol–water partition coefficient (Wildman–Crippen LogP) is 4.38. The average molecular weight is 543 g/mol. The second kappa shape index (κ2) is 11.8. The maximum Gasteiger partial charge on any atom is 0.295 e. The van der Waals surface area contributed by atoms with Gasteiger partial charge in [-0.2, -0.15) is 0 Å². The van der Waals surface area contributed by atoms with E-state index in [2.05, 4.69) is 27.8 Å². The Morgan fingerprint density at radius 3 is 2.40 bits per heavy atom. The summed E-state index contributed by atoms with van der Waals surface area (Å²) in [7, 11) is 0. The maximum absolute atomic E-state index is 13.2. The number of likely N-dealkylation sites (tertiary alicyclic amines) is 1. The molecule has 1 N–H and O–H groups in total. The zero-order valence-electron chi connectivity index (χ0n) is 19.9. The lowest BCUT2D eigenvalue weighted by Gasteiger charge is -2.31. The minimum Gasteiger partial charge on any atom is -0.507 e. The van der Waals surface area contributed by atoms with Crippen LogP contribution in [0.4, 0.5) is 0 Å². The topological polar surface area (TPSA) is 79.3 Å². The molecule has 2 aromatic rings. The van der Waals surface area contributed by atoms with Crippen LogP contribution in [0, 0.1) is 0 Å². The summed E-state index contributed by atoms with van der Waals surface area (Å²) in [6, 6.07) is 13.8. The molecular formula is C27H31BrN2O5. The highest BCUT2D eigenvalue weighted by Gasteiger charge is 2.46. The maximum atomic E-state index is 13.2. The number of amides is 1. The first-order valence-electron chi connectivity index (χ1n) is 12.1. The SMILES string of the molecule is CCCCOc1ccc(/C(O)=C2\C(=O)C(=O)N(CCN3CCOCC3)C2c2ccc(Br)cc2)cc1. The number of benzene rings is 2. The second-order valence-electron chi connectivity index (χ2n) is 8.72. The van der Waals surface area contributed by atoms with E-state index in [1.165, 1.54) is 0 Å². The van der Waals surface area contributed by atoms with Gasteiger partial charge in [-0.1, -0.05) is 41.4 Å². The molecule has 7 nitrogen and oxygen atoms in total. The van der Waals surface area contributed by atoms with Crippen LogP contribution in [0.5, 0.6) is 5.75 Å². The van der Waals surface area contributed by atoms with E-state index in [0.717, 1.165) is 36.0 Å². The molecule has 186 valence electrons. The van der Waals surface area contributed by atoms with Gasteiger partial charge in [0.2, 0.25) is 0 Å². The van der Waals surface area contributed by atoms with Crippen LogP contribution in [0.25, 0.3) is 5.76 Å². The third-order valence-electron chi connectivity index (χ3n) is 6.38. The zero-order valence-corrected chi connectivity index (χ0v) is 21.5. The molecule has 4 rings (SSSR count). The number of ketones is 1. The molecule has 2 aliphatic heterocycles. The van der Waals surface area contributed by atoms with E-state index in [0.29, 0.717) is 44.2 Å². The molecule has 2 saturated heterocycles. The summed E-state index contributed by atoms with van der Waals surface area (Å²) in [5.74, 6) is -0.733. The van der Waals surface area contributed by atoms with Crippen LogP contribution in [0.3, 0.4) is 0 Å². The highest BCUT2D eigenvalue weighted by molar-refractivity contribution is 9.10. The molecule has 0 spiro atoms. The van der Waals surface area contributed by atoms with Crippen molar-refractivity contribution in [3.8, 4) is 5.75 Å².